The average molecular weight is 418 g/mol. The van der Waals surface area contributed by atoms with Crippen LogP contribution in [0.25, 0.3) is 27.7 Å². The predicted octanol–water partition coefficient (Wildman–Crippen LogP) is 7.81. The van der Waals surface area contributed by atoms with E-state index < -0.39 is 7.25 Å². The number of benzene rings is 3. The molecule has 0 aliphatic heterocycles. The summed E-state index contributed by atoms with van der Waals surface area (Å²) in [5, 5.41) is 2.55. The minimum Gasteiger partial charge on any atom is -0.495 e. The lowest BCUT2D eigenvalue weighted by Crippen LogP contribution is -2.02. The van der Waals surface area contributed by atoms with Crippen molar-refractivity contribution in [3.05, 3.63) is 70.8 Å². The van der Waals surface area contributed by atoms with E-state index in [0.717, 1.165) is 11.5 Å². The minimum absolute atomic E-state index is 0.853. The third-order valence-electron chi connectivity index (χ3n) is 4.83. The van der Waals surface area contributed by atoms with Crippen molar-refractivity contribution >= 4 is 29.2 Å². The van der Waals surface area contributed by atoms with Gasteiger partial charge in [0.05, 0.1) is 17.9 Å². The van der Waals surface area contributed by atoms with Crippen LogP contribution in [0.5, 0.6) is 5.75 Å². The number of hydrogen-bond acceptors (Lipinski definition) is 1. The molecule has 4 aromatic rings. The van der Waals surface area contributed by atoms with Crippen LogP contribution in [0.1, 0.15) is 22.3 Å². The van der Waals surface area contributed by atoms with Gasteiger partial charge in [-0.05, 0) is 69.2 Å². The molecule has 1 heterocycles. The maximum atomic E-state index is 9.75. The van der Waals surface area contributed by atoms with Crippen LogP contribution in [-0.2, 0) is 0 Å². The smallest absolute Gasteiger partial charge is 0.495 e. The molecule has 0 aliphatic carbocycles. The third-order valence-corrected chi connectivity index (χ3v) is 4.83. The molecule has 0 bridgehead atoms. The number of halogens is 4. The van der Waals surface area contributed by atoms with Gasteiger partial charge in [0, 0.05) is 17.2 Å². The van der Waals surface area contributed by atoms with Gasteiger partial charge in [-0.3, -0.25) is 0 Å². The van der Waals surface area contributed by atoms with Gasteiger partial charge >= 0.3 is 13.0 Å². The van der Waals surface area contributed by atoms with E-state index in [4.69, 9.17) is 4.74 Å². The van der Waals surface area contributed by atoms with Gasteiger partial charge in [-0.25, -0.2) is 0 Å². The Bertz CT molecular complexity index is 1150. The molecule has 0 atom stereocenters. The van der Waals surface area contributed by atoms with Crippen LogP contribution in [0.15, 0.2) is 52.6 Å². The molecule has 1 aromatic heterocycles. The average Bonchev–Trinajstić information content (AvgIpc) is 2.95. The van der Waals surface area contributed by atoms with Gasteiger partial charge in [0.25, 0.3) is 11.2 Å². The molecule has 0 spiro atoms. The second-order valence-corrected chi connectivity index (χ2v) is 7.37. The van der Waals surface area contributed by atoms with Gasteiger partial charge in [-0.15, -0.1) is 0 Å². The maximum absolute atomic E-state index is 9.75. The highest BCUT2D eigenvalue weighted by Crippen LogP contribution is 2.44. The number of hydrogen-bond donors (Lipinski definition) is 0. The van der Waals surface area contributed by atoms with Crippen LogP contribution >= 0.6 is 0 Å². The van der Waals surface area contributed by atoms with Crippen molar-refractivity contribution in [3.63, 3.8) is 0 Å². The van der Waals surface area contributed by atoms with Crippen molar-refractivity contribution in [2.45, 2.75) is 27.7 Å². The summed E-state index contributed by atoms with van der Waals surface area (Å²) >= 11 is 0. The van der Waals surface area contributed by atoms with E-state index in [1.807, 2.05) is 12.1 Å². The highest BCUT2D eigenvalue weighted by atomic mass is 19.5. The molecule has 2 nitrogen and oxygen atoms in total. The van der Waals surface area contributed by atoms with Gasteiger partial charge in [-0.2, -0.15) is 0 Å². The minimum atomic E-state index is -6.00. The molecular weight excluding hydrogens is 395 g/mol. The summed E-state index contributed by atoms with van der Waals surface area (Å²) in [5.74, 6) is 1.86. The molecule has 3 aromatic carbocycles. The van der Waals surface area contributed by atoms with Gasteiger partial charge in [0.1, 0.15) is 0 Å². The molecule has 0 N–H and O–H groups in total. The monoisotopic (exact) mass is 418 g/mol. The normalized spacial score (nSPS) is 11.5. The van der Waals surface area contributed by atoms with Crippen molar-refractivity contribution in [3.8, 4) is 11.5 Å². The molecule has 0 fully saturated rings. The molecule has 0 radical (unpaired) electrons. The molecular formula is C23H23BF4O2. The number of furan rings is 1. The summed E-state index contributed by atoms with van der Waals surface area (Å²) in [5.41, 5.74) is 7.42. The largest absolute Gasteiger partial charge is 0.673 e. The first-order valence-electron chi connectivity index (χ1n) is 9.48. The number of methoxy groups -OCH3 is 1. The second kappa shape index (κ2) is 8.05. The Balaban J connectivity index is 0.000000461. The van der Waals surface area contributed by atoms with E-state index >= 15 is 0 Å². The molecule has 0 aliphatic rings. The van der Waals surface area contributed by atoms with E-state index in [9.17, 15) is 17.3 Å². The zero-order valence-electron chi connectivity index (χ0n) is 17.5. The highest BCUT2D eigenvalue weighted by molar-refractivity contribution is 6.50. The predicted molar refractivity (Wildman–Crippen MR) is 115 cm³/mol. The number of rotatable bonds is 2. The van der Waals surface area contributed by atoms with E-state index in [2.05, 4.69) is 68.1 Å². The molecule has 0 amide bonds. The maximum Gasteiger partial charge on any atom is 0.673 e. The van der Waals surface area contributed by atoms with E-state index in [-0.39, 0.29) is 0 Å². The lowest BCUT2D eigenvalue weighted by Gasteiger charge is -2.10. The zero-order chi connectivity index (χ0) is 22.2. The van der Waals surface area contributed by atoms with Crippen molar-refractivity contribution in [1.29, 1.82) is 0 Å². The number of aryl methyl sites for hydroxylation is 4. The number of fused-ring (bicyclic) bond motifs is 3. The number of para-hydroxylation sites is 2. The van der Waals surface area contributed by atoms with Crippen LogP contribution in [0.2, 0.25) is 0 Å². The van der Waals surface area contributed by atoms with Gasteiger partial charge in [0.2, 0.25) is 5.75 Å². The van der Waals surface area contributed by atoms with Crippen LogP contribution in [0.3, 0.4) is 0 Å². The quantitative estimate of drug-likeness (QED) is 0.184. The fourth-order valence-electron chi connectivity index (χ4n) is 3.96. The zero-order valence-corrected chi connectivity index (χ0v) is 17.5. The summed E-state index contributed by atoms with van der Waals surface area (Å²) in [7, 11) is -4.28. The van der Waals surface area contributed by atoms with Gasteiger partial charge in [0.15, 0.2) is 0 Å². The molecule has 4 rings (SSSR count). The molecule has 7 heteroatoms. The van der Waals surface area contributed by atoms with Crippen molar-refractivity contribution in [2.75, 3.05) is 7.11 Å². The molecule has 30 heavy (non-hydrogen) atoms. The van der Waals surface area contributed by atoms with Gasteiger partial charge in [-0.1, -0.05) is 12.1 Å². The standard InChI is InChI=1S/C23H23O2.BF4/c1-14-10-16(3)22-18(12-14)19-13-15(2)11-17(4)23(19)25(22)21-9-7-6-8-20(21)24-5;2-1(3,4)5/h6-13H,1-5H3;/q+1;-1. The summed E-state index contributed by atoms with van der Waals surface area (Å²) in [6, 6.07) is 17.2. The Morgan fingerprint density at radius 1 is 0.733 bits per heavy atom. The first-order valence-corrected chi connectivity index (χ1v) is 9.48. The second-order valence-electron chi connectivity index (χ2n) is 7.37. The Labute approximate surface area is 172 Å². The third kappa shape index (κ3) is 4.30. The topological polar surface area (TPSA) is 11.9 Å². The Hall–Kier alpha value is -2.96. The van der Waals surface area contributed by atoms with Crippen molar-refractivity contribution in [1.82, 2.24) is 0 Å². The first kappa shape index (κ1) is 21.7. The summed E-state index contributed by atoms with van der Waals surface area (Å²) in [6.07, 6.45) is 0. The Morgan fingerprint density at radius 2 is 1.17 bits per heavy atom. The Morgan fingerprint density at radius 3 is 1.60 bits per heavy atom. The molecule has 0 saturated heterocycles. The summed E-state index contributed by atoms with van der Waals surface area (Å²) < 4.78 is 48.1. The van der Waals surface area contributed by atoms with E-state index in [1.165, 1.54) is 44.2 Å². The lowest BCUT2D eigenvalue weighted by molar-refractivity contribution is 0.333. The van der Waals surface area contributed by atoms with Crippen LogP contribution < -0.4 is 4.74 Å². The SMILES string of the molecule is COc1ccccc1-[o+]1c2c(C)cc(C)cc2c2cc(C)cc(C)c21.F[B-](F)(F)F. The van der Waals surface area contributed by atoms with Crippen LogP contribution in [0, 0.1) is 27.7 Å². The van der Waals surface area contributed by atoms with Crippen LogP contribution in [0.4, 0.5) is 17.3 Å². The fraction of sp³-hybridized carbons (Fsp3) is 0.217. The summed E-state index contributed by atoms with van der Waals surface area (Å²) in [6.45, 7) is 8.67. The molecule has 0 unspecified atom stereocenters. The van der Waals surface area contributed by atoms with Gasteiger partial charge < -0.3 is 26.0 Å². The highest BCUT2D eigenvalue weighted by Gasteiger charge is 2.27. The van der Waals surface area contributed by atoms with Crippen molar-refractivity contribution < 1.29 is 26.0 Å². The fourth-order valence-corrected chi connectivity index (χ4v) is 3.96. The summed E-state index contributed by atoms with van der Waals surface area (Å²) in [4.78, 5) is 0. The van der Waals surface area contributed by atoms with E-state index in [0.29, 0.717) is 0 Å². The molecule has 158 valence electrons. The van der Waals surface area contributed by atoms with Crippen LogP contribution in [-0.4, -0.2) is 14.4 Å². The first-order chi connectivity index (χ1) is 14.0. The molecule has 0 saturated carbocycles. The lowest BCUT2D eigenvalue weighted by atomic mass is 10.0. The number of ether oxygens (including phenoxy) is 1. The van der Waals surface area contributed by atoms with E-state index in [1.54, 1.807) is 7.11 Å². The van der Waals surface area contributed by atoms with Crippen molar-refractivity contribution in [2.24, 2.45) is 0 Å². The Kier molecular flexibility index (Phi) is 5.84.